The van der Waals surface area contributed by atoms with E-state index in [1.54, 1.807) is 11.8 Å². The van der Waals surface area contributed by atoms with Gasteiger partial charge in [-0.15, -0.1) is 11.8 Å². The zero-order valence-corrected chi connectivity index (χ0v) is 15.8. The minimum Gasteiger partial charge on any atom is -0.481 e. The number of aliphatic carboxylic acids is 2. The smallest absolute Gasteiger partial charge is 0.327 e. The molecule has 0 spiro atoms. The molecule has 23 heavy (non-hydrogen) atoms. The van der Waals surface area contributed by atoms with E-state index in [2.05, 4.69) is 13.8 Å². The highest BCUT2D eigenvalue weighted by atomic mass is 32.2. The highest BCUT2D eigenvalue weighted by Gasteiger charge is 2.45. The molecule has 2 saturated heterocycles. The van der Waals surface area contributed by atoms with Crippen molar-refractivity contribution in [2.75, 3.05) is 11.5 Å². The van der Waals surface area contributed by atoms with Crippen LogP contribution in [0.2, 0.25) is 0 Å². The molecular weight excluding hydrogens is 338 g/mol. The van der Waals surface area contributed by atoms with Crippen LogP contribution in [-0.2, 0) is 14.4 Å². The van der Waals surface area contributed by atoms with Crippen molar-refractivity contribution in [2.24, 2.45) is 5.92 Å². The topological polar surface area (TPSA) is 94.9 Å². The van der Waals surface area contributed by atoms with Gasteiger partial charge in [0.25, 0.3) is 0 Å². The maximum absolute atomic E-state index is 11.2. The Morgan fingerprint density at radius 1 is 1.00 bits per heavy atom. The molecule has 6 nitrogen and oxygen atoms in total. The fraction of sp³-hybridized carbons (Fsp3) is 0.800. The normalized spacial score (nSPS) is 28.0. The zero-order chi connectivity index (χ0) is 18.0. The number of amides is 1. The second kappa shape index (κ2) is 7.34. The lowest BCUT2D eigenvalue weighted by atomic mass is 9.99. The molecule has 0 bridgehead atoms. The second-order valence-corrected chi connectivity index (χ2v) is 10.2. The molecule has 0 unspecified atom stereocenters. The minimum atomic E-state index is -0.923. The SMILES string of the molecule is CC(=O)N1[C@H](C(=O)O)CSC1(C)C.CC1(C)C[C@H](C(=O)O)CS1. The van der Waals surface area contributed by atoms with Crippen LogP contribution in [0.25, 0.3) is 0 Å². The van der Waals surface area contributed by atoms with Gasteiger partial charge in [-0.1, -0.05) is 13.8 Å². The van der Waals surface area contributed by atoms with Crippen molar-refractivity contribution in [3.8, 4) is 0 Å². The summed E-state index contributed by atoms with van der Waals surface area (Å²) in [4.78, 5) is 33.5. The Balaban J connectivity index is 0.000000238. The number of carbonyl (C=O) groups is 3. The van der Waals surface area contributed by atoms with E-state index in [1.165, 1.54) is 23.6 Å². The van der Waals surface area contributed by atoms with E-state index in [4.69, 9.17) is 10.2 Å². The maximum Gasteiger partial charge on any atom is 0.327 e. The first-order chi connectivity index (χ1) is 10.4. The second-order valence-electron chi connectivity index (χ2n) is 6.81. The molecule has 2 atom stereocenters. The van der Waals surface area contributed by atoms with Crippen LogP contribution in [-0.4, -0.2) is 60.1 Å². The third-order valence-electron chi connectivity index (χ3n) is 3.87. The van der Waals surface area contributed by atoms with Crippen molar-refractivity contribution in [1.82, 2.24) is 4.90 Å². The molecule has 0 aromatic rings. The van der Waals surface area contributed by atoms with Gasteiger partial charge in [0.15, 0.2) is 0 Å². The summed E-state index contributed by atoms with van der Waals surface area (Å²) in [6, 6.07) is -0.669. The van der Waals surface area contributed by atoms with E-state index in [9.17, 15) is 14.4 Å². The van der Waals surface area contributed by atoms with Crippen LogP contribution in [0.4, 0.5) is 0 Å². The van der Waals surface area contributed by atoms with Gasteiger partial charge in [0.05, 0.1) is 10.8 Å². The quantitative estimate of drug-likeness (QED) is 0.777. The average Bonchev–Trinajstić information content (AvgIpc) is 2.89. The van der Waals surface area contributed by atoms with Gasteiger partial charge in [-0.3, -0.25) is 9.59 Å². The molecule has 2 N–H and O–H groups in total. The number of carboxylic acid groups (broad SMARTS) is 2. The summed E-state index contributed by atoms with van der Waals surface area (Å²) in [6.07, 6.45) is 0.812. The first-order valence-corrected chi connectivity index (χ1v) is 9.38. The summed E-state index contributed by atoms with van der Waals surface area (Å²) in [5.74, 6) is -0.599. The summed E-state index contributed by atoms with van der Waals surface area (Å²) < 4.78 is 0.184. The fourth-order valence-electron chi connectivity index (χ4n) is 2.78. The van der Waals surface area contributed by atoms with Crippen molar-refractivity contribution in [3.05, 3.63) is 0 Å². The molecule has 2 rings (SSSR count). The van der Waals surface area contributed by atoms with Crippen LogP contribution < -0.4 is 0 Å². The van der Waals surface area contributed by atoms with Crippen LogP contribution in [0.1, 0.15) is 41.0 Å². The molecule has 2 aliphatic rings. The van der Waals surface area contributed by atoms with Crippen LogP contribution in [0.3, 0.4) is 0 Å². The number of nitrogens with zero attached hydrogens (tertiary/aromatic N) is 1. The summed E-state index contributed by atoms with van der Waals surface area (Å²) in [6.45, 7) is 9.33. The summed E-state index contributed by atoms with van der Waals surface area (Å²) >= 11 is 3.25. The van der Waals surface area contributed by atoms with E-state index in [1.807, 2.05) is 13.8 Å². The third kappa shape index (κ3) is 5.31. The predicted molar refractivity (Wildman–Crippen MR) is 92.8 cm³/mol. The molecule has 0 saturated carbocycles. The van der Waals surface area contributed by atoms with Crippen molar-refractivity contribution >= 4 is 41.4 Å². The summed E-state index contributed by atoms with van der Waals surface area (Å²) in [5.41, 5.74) is 0. The molecule has 8 heteroatoms. The van der Waals surface area contributed by atoms with Crippen molar-refractivity contribution < 1.29 is 24.6 Å². The highest BCUT2D eigenvalue weighted by Crippen LogP contribution is 2.40. The van der Waals surface area contributed by atoms with Crippen LogP contribution in [0, 0.1) is 5.92 Å². The first kappa shape index (κ1) is 20.2. The number of hydrogen-bond donors (Lipinski definition) is 2. The van der Waals surface area contributed by atoms with Gasteiger partial charge in [0.2, 0.25) is 5.91 Å². The van der Waals surface area contributed by atoms with Gasteiger partial charge in [-0.05, 0) is 20.3 Å². The van der Waals surface area contributed by atoms with Gasteiger partial charge < -0.3 is 15.1 Å². The van der Waals surface area contributed by atoms with E-state index in [0.29, 0.717) is 5.75 Å². The Morgan fingerprint density at radius 3 is 1.83 bits per heavy atom. The minimum absolute atomic E-state index is 0.111. The Bertz CT molecular complexity index is 492. The number of rotatable bonds is 2. The number of hydrogen-bond acceptors (Lipinski definition) is 5. The summed E-state index contributed by atoms with van der Waals surface area (Å²) in [5, 5.41) is 17.5. The molecular formula is C15H25NO5S2. The van der Waals surface area contributed by atoms with Crippen LogP contribution in [0.15, 0.2) is 0 Å². The Hall–Kier alpha value is -0.890. The molecule has 2 heterocycles. The van der Waals surface area contributed by atoms with Crippen molar-refractivity contribution in [2.45, 2.75) is 56.7 Å². The lowest BCUT2D eigenvalue weighted by Gasteiger charge is -2.32. The fourth-order valence-corrected chi connectivity index (χ4v) is 5.26. The monoisotopic (exact) mass is 363 g/mol. The standard InChI is InChI=1S/C8H13NO3S.C7H12O2S/c1-5(10)9-6(7(11)12)4-13-8(9,2)3;1-7(2)3-5(4-10-7)6(8)9/h6H,4H2,1-3H3,(H,11,12);5H,3-4H2,1-2H3,(H,8,9)/t6-;5-/m00/s1. The molecule has 0 radical (unpaired) electrons. The van der Waals surface area contributed by atoms with Gasteiger partial charge in [0.1, 0.15) is 6.04 Å². The van der Waals surface area contributed by atoms with E-state index < -0.39 is 22.9 Å². The molecule has 1 amide bonds. The molecule has 2 fully saturated rings. The number of thioether (sulfide) groups is 2. The van der Waals surface area contributed by atoms with Gasteiger partial charge in [-0.2, -0.15) is 11.8 Å². The van der Waals surface area contributed by atoms with Gasteiger partial charge >= 0.3 is 11.9 Å². The zero-order valence-electron chi connectivity index (χ0n) is 14.2. The van der Waals surface area contributed by atoms with Crippen LogP contribution in [0.5, 0.6) is 0 Å². The average molecular weight is 364 g/mol. The Kier molecular flexibility index (Phi) is 6.43. The number of carboxylic acids is 2. The molecule has 132 valence electrons. The van der Waals surface area contributed by atoms with Gasteiger partial charge in [-0.25, -0.2) is 4.79 Å². The van der Waals surface area contributed by atoms with Crippen LogP contribution >= 0.6 is 23.5 Å². The Morgan fingerprint density at radius 2 is 1.57 bits per heavy atom. The first-order valence-electron chi connectivity index (χ1n) is 7.41. The van der Waals surface area contributed by atoms with Crippen molar-refractivity contribution in [3.63, 3.8) is 0 Å². The third-order valence-corrected chi connectivity index (χ3v) is 6.78. The van der Waals surface area contributed by atoms with E-state index in [0.717, 1.165) is 12.2 Å². The maximum atomic E-state index is 11.2. The molecule has 0 aliphatic carbocycles. The highest BCUT2D eigenvalue weighted by molar-refractivity contribution is 8.01. The Labute approximate surface area is 145 Å². The van der Waals surface area contributed by atoms with Gasteiger partial charge in [0, 0.05) is 23.2 Å². The van der Waals surface area contributed by atoms with E-state index >= 15 is 0 Å². The summed E-state index contributed by atoms with van der Waals surface area (Å²) in [7, 11) is 0. The lowest BCUT2D eigenvalue weighted by molar-refractivity contribution is -0.149. The molecule has 0 aromatic heterocycles. The predicted octanol–water partition coefficient (Wildman–Crippen LogP) is 2.37. The molecule has 2 aliphatic heterocycles. The van der Waals surface area contributed by atoms with E-state index in [-0.39, 0.29) is 16.6 Å². The number of carbonyl (C=O) groups excluding carboxylic acids is 1. The van der Waals surface area contributed by atoms with Crippen molar-refractivity contribution in [1.29, 1.82) is 0 Å². The largest absolute Gasteiger partial charge is 0.481 e. The lowest BCUT2D eigenvalue weighted by Crippen LogP contribution is -2.48. The molecule has 0 aromatic carbocycles.